The van der Waals surface area contributed by atoms with Gasteiger partial charge in [-0.2, -0.15) is 13.2 Å². The van der Waals surface area contributed by atoms with E-state index in [9.17, 15) is 18.0 Å². The Kier molecular flexibility index (Phi) is 8.25. The number of amides is 1. The third kappa shape index (κ3) is 5.70. The van der Waals surface area contributed by atoms with Crippen LogP contribution in [0.2, 0.25) is 0 Å². The lowest BCUT2D eigenvalue weighted by molar-refractivity contribution is -0.137. The summed E-state index contributed by atoms with van der Waals surface area (Å²) in [5, 5.41) is 0. The molecule has 4 rings (SSSR count). The number of halogens is 3. The first-order valence-corrected chi connectivity index (χ1v) is 12.6. The molecule has 1 unspecified atom stereocenters. The fraction of sp³-hybridized carbons (Fsp3) is 0.536. The van der Waals surface area contributed by atoms with E-state index in [4.69, 9.17) is 9.47 Å². The van der Waals surface area contributed by atoms with E-state index in [0.717, 1.165) is 55.7 Å². The van der Waals surface area contributed by atoms with Crippen LogP contribution >= 0.6 is 0 Å². The maximum absolute atomic E-state index is 13.1. The van der Waals surface area contributed by atoms with E-state index in [0.29, 0.717) is 31.9 Å². The van der Waals surface area contributed by atoms with Gasteiger partial charge in [-0.3, -0.25) is 9.69 Å². The zero-order chi connectivity index (χ0) is 25.9. The minimum Gasteiger partial charge on any atom is -0.493 e. The highest BCUT2D eigenvalue weighted by Crippen LogP contribution is 2.39. The Balaban J connectivity index is 1.44. The van der Waals surface area contributed by atoms with Crippen LogP contribution in [0.4, 0.5) is 13.2 Å². The number of fused-ring (bicyclic) bond motifs is 1. The Labute approximate surface area is 211 Å². The zero-order valence-electron chi connectivity index (χ0n) is 21.2. The summed E-state index contributed by atoms with van der Waals surface area (Å²) >= 11 is 0. The van der Waals surface area contributed by atoms with Crippen molar-refractivity contribution in [1.29, 1.82) is 0 Å². The van der Waals surface area contributed by atoms with Crippen LogP contribution in [0.25, 0.3) is 0 Å². The molecule has 0 N–H and O–H groups in total. The average molecular weight is 505 g/mol. The molecule has 1 amide bonds. The predicted octanol–water partition coefficient (Wildman–Crippen LogP) is 5.79. The van der Waals surface area contributed by atoms with Crippen molar-refractivity contribution in [2.45, 2.75) is 57.8 Å². The van der Waals surface area contributed by atoms with Crippen molar-refractivity contribution >= 4 is 5.91 Å². The van der Waals surface area contributed by atoms with Crippen LogP contribution in [0.1, 0.15) is 64.3 Å². The molecular weight excluding hydrogens is 469 g/mol. The summed E-state index contributed by atoms with van der Waals surface area (Å²) in [5.74, 6) is 0.708. The molecule has 2 aliphatic heterocycles. The van der Waals surface area contributed by atoms with Crippen LogP contribution in [0.5, 0.6) is 5.75 Å². The summed E-state index contributed by atoms with van der Waals surface area (Å²) in [6.45, 7) is 7.45. The number of piperazine rings is 1. The number of carbonyl (C=O) groups excluding carboxylic acids is 1. The molecule has 36 heavy (non-hydrogen) atoms. The Morgan fingerprint density at radius 1 is 1.00 bits per heavy atom. The molecule has 0 aromatic heterocycles. The predicted molar refractivity (Wildman–Crippen MR) is 132 cm³/mol. The van der Waals surface area contributed by atoms with Gasteiger partial charge in [-0.15, -0.1) is 0 Å². The molecule has 0 bridgehead atoms. The van der Waals surface area contributed by atoms with E-state index in [1.54, 1.807) is 12.0 Å². The van der Waals surface area contributed by atoms with Gasteiger partial charge in [0.2, 0.25) is 0 Å². The molecular formula is C28H35F3N2O3. The second-order valence-electron chi connectivity index (χ2n) is 9.76. The van der Waals surface area contributed by atoms with Crippen molar-refractivity contribution in [3.63, 3.8) is 0 Å². The lowest BCUT2D eigenvalue weighted by Crippen LogP contribution is -2.57. The second-order valence-corrected chi connectivity index (χ2v) is 9.76. The highest BCUT2D eigenvalue weighted by atomic mass is 19.4. The summed E-state index contributed by atoms with van der Waals surface area (Å²) in [4.78, 5) is 17.4. The smallest absolute Gasteiger partial charge is 0.416 e. The normalized spacial score (nSPS) is 20.8. The first-order valence-electron chi connectivity index (χ1n) is 12.6. The van der Waals surface area contributed by atoms with E-state index in [2.05, 4.69) is 30.9 Å². The highest BCUT2D eigenvalue weighted by molar-refractivity contribution is 5.94. The number of ether oxygens (including phenoxy) is 2. The van der Waals surface area contributed by atoms with Crippen LogP contribution in [-0.4, -0.2) is 61.7 Å². The van der Waals surface area contributed by atoms with Gasteiger partial charge in [-0.05, 0) is 80.1 Å². The number of piperidine rings is 1. The first-order chi connectivity index (χ1) is 17.2. The molecule has 0 spiro atoms. The molecule has 2 heterocycles. The molecule has 8 heteroatoms. The van der Waals surface area contributed by atoms with Crippen LogP contribution in [0.3, 0.4) is 0 Å². The van der Waals surface area contributed by atoms with Gasteiger partial charge in [0.25, 0.3) is 5.91 Å². The van der Waals surface area contributed by atoms with Crippen molar-refractivity contribution in [2.24, 2.45) is 0 Å². The second kappa shape index (κ2) is 11.2. The van der Waals surface area contributed by atoms with Gasteiger partial charge in [-0.1, -0.05) is 6.07 Å². The fourth-order valence-corrected chi connectivity index (χ4v) is 5.47. The van der Waals surface area contributed by atoms with Crippen molar-refractivity contribution < 1.29 is 27.4 Å². The molecule has 2 fully saturated rings. The minimum atomic E-state index is -4.41. The number of nitrogens with zero attached hydrogens (tertiary/aromatic N) is 2. The molecule has 196 valence electrons. The van der Waals surface area contributed by atoms with Crippen molar-refractivity contribution in [3.05, 3.63) is 64.2 Å². The number of alkyl halides is 3. The van der Waals surface area contributed by atoms with Crippen LogP contribution in [0, 0.1) is 13.8 Å². The Hall–Kier alpha value is -2.58. The van der Waals surface area contributed by atoms with Gasteiger partial charge in [0.05, 0.1) is 12.2 Å². The van der Waals surface area contributed by atoms with Crippen molar-refractivity contribution in [1.82, 2.24) is 9.80 Å². The molecule has 2 saturated heterocycles. The number of rotatable bonds is 7. The summed E-state index contributed by atoms with van der Waals surface area (Å²) < 4.78 is 49.7. The first kappa shape index (κ1) is 26.5. The Morgan fingerprint density at radius 2 is 1.75 bits per heavy atom. The Morgan fingerprint density at radius 3 is 2.44 bits per heavy atom. The average Bonchev–Trinajstić information content (AvgIpc) is 2.87. The highest BCUT2D eigenvalue weighted by Gasteiger charge is 2.38. The number of methoxy groups -OCH3 is 1. The van der Waals surface area contributed by atoms with Crippen LogP contribution in [0.15, 0.2) is 36.4 Å². The van der Waals surface area contributed by atoms with Gasteiger partial charge < -0.3 is 14.4 Å². The maximum atomic E-state index is 13.1. The molecule has 0 saturated carbocycles. The van der Waals surface area contributed by atoms with Gasteiger partial charge in [0, 0.05) is 57.4 Å². The number of hydrogen-bond donors (Lipinski definition) is 0. The quantitative estimate of drug-likeness (QED) is 0.448. The van der Waals surface area contributed by atoms with Gasteiger partial charge in [0.1, 0.15) is 5.75 Å². The SMILES string of the molecule is COCCCOc1ccc(C2CCC[C@H]3CN(C(=O)c4ccc(C(F)(F)F)cc4)CCN23)c(C)c1C. The van der Waals surface area contributed by atoms with Crippen LogP contribution < -0.4 is 4.74 Å². The van der Waals surface area contributed by atoms with E-state index >= 15 is 0 Å². The fourth-order valence-electron chi connectivity index (χ4n) is 5.47. The van der Waals surface area contributed by atoms with E-state index in [1.807, 2.05) is 0 Å². The zero-order valence-corrected chi connectivity index (χ0v) is 21.2. The lowest BCUT2D eigenvalue weighted by Gasteiger charge is -2.49. The standard InChI is InChI=1S/C28H35F3N2O3/c1-19-20(2)26(36-17-5-16-35-3)13-12-24(19)25-7-4-6-23-18-32(14-15-33(23)25)27(34)21-8-10-22(11-9-21)28(29,30)31/h8-13,23,25H,4-7,14-18H2,1-3H3/t23-,25?/m0/s1. The van der Waals surface area contributed by atoms with E-state index in [-0.39, 0.29) is 18.0 Å². The summed E-state index contributed by atoms with van der Waals surface area (Å²) in [7, 11) is 1.69. The van der Waals surface area contributed by atoms with Crippen molar-refractivity contribution in [2.75, 3.05) is 40.0 Å². The summed E-state index contributed by atoms with van der Waals surface area (Å²) in [5.41, 5.74) is 3.27. The Bertz CT molecular complexity index is 1060. The number of hydrogen-bond acceptors (Lipinski definition) is 4. The molecule has 5 nitrogen and oxygen atoms in total. The molecule has 2 atom stereocenters. The molecule has 0 radical (unpaired) electrons. The van der Waals surface area contributed by atoms with Gasteiger partial charge >= 0.3 is 6.18 Å². The summed E-state index contributed by atoms with van der Waals surface area (Å²) in [6, 6.07) is 9.30. The number of benzene rings is 2. The summed E-state index contributed by atoms with van der Waals surface area (Å²) in [6.07, 6.45) is -0.419. The molecule has 2 aromatic carbocycles. The third-order valence-electron chi connectivity index (χ3n) is 7.58. The lowest BCUT2D eigenvalue weighted by atomic mass is 9.86. The van der Waals surface area contributed by atoms with Gasteiger partial charge in [-0.25, -0.2) is 0 Å². The minimum absolute atomic E-state index is 0.201. The van der Waals surface area contributed by atoms with E-state index in [1.165, 1.54) is 23.3 Å². The number of carbonyl (C=O) groups is 1. The maximum Gasteiger partial charge on any atom is 0.416 e. The topological polar surface area (TPSA) is 42.0 Å². The van der Waals surface area contributed by atoms with Crippen molar-refractivity contribution in [3.8, 4) is 5.75 Å². The van der Waals surface area contributed by atoms with E-state index < -0.39 is 11.7 Å². The monoisotopic (exact) mass is 504 g/mol. The molecule has 0 aliphatic carbocycles. The van der Waals surface area contributed by atoms with Crippen LogP contribution in [-0.2, 0) is 10.9 Å². The molecule has 2 aliphatic rings. The largest absolute Gasteiger partial charge is 0.493 e. The third-order valence-corrected chi connectivity index (χ3v) is 7.58. The molecule has 2 aromatic rings. The van der Waals surface area contributed by atoms with Gasteiger partial charge in [0.15, 0.2) is 0 Å².